The van der Waals surface area contributed by atoms with E-state index < -0.39 is 4.92 Å². The van der Waals surface area contributed by atoms with Crippen molar-refractivity contribution in [3.63, 3.8) is 0 Å². The van der Waals surface area contributed by atoms with Crippen molar-refractivity contribution in [3.8, 4) is 0 Å². The van der Waals surface area contributed by atoms with Crippen LogP contribution in [0, 0.1) is 10.1 Å². The quantitative estimate of drug-likeness (QED) is 0.317. The molecule has 0 aromatic heterocycles. The summed E-state index contributed by atoms with van der Waals surface area (Å²) in [6.45, 7) is 3.44. The molecule has 0 heterocycles. The Morgan fingerprint density at radius 2 is 2.00 bits per heavy atom. The van der Waals surface area contributed by atoms with Gasteiger partial charge in [-0.05, 0) is 12.1 Å². The number of non-ortho nitro benzene ring substituents is 1. The van der Waals surface area contributed by atoms with Gasteiger partial charge in [0.2, 0.25) is 0 Å². The molecule has 0 atom stereocenters. The average Bonchev–Trinajstić information content (AvgIpc) is 2.18. The number of rotatable bonds is 4. The Hall–Kier alpha value is -1.97. The number of carbonyl (C=O) groups is 1. The highest BCUT2D eigenvalue weighted by Crippen LogP contribution is 2.13. The third kappa shape index (κ3) is 2.26. The highest BCUT2D eigenvalue weighted by atomic mass is 16.6. The van der Waals surface area contributed by atoms with Crippen molar-refractivity contribution in [1.29, 1.82) is 0 Å². The Morgan fingerprint density at radius 1 is 1.43 bits per heavy atom. The van der Waals surface area contributed by atoms with Gasteiger partial charge in [-0.15, -0.1) is 6.58 Å². The molecule has 1 aromatic carbocycles. The summed E-state index contributed by atoms with van der Waals surface area (Å²) in [7, 11) is 0. The van der Waals surface area contributed by atoms with Gasteiger partial charge in [-0.25, -0.2) is 0 Å². The van der Waals surface area contributed by atoms with Gasteiger partial charge in [0.25, 0.3) is 5.69 Å². The van der Waals surface area contributed by atoms with E-state index in [0.29, 0.717) is 5.56 Å². The van der Waals surface area contributed by atoms with Crippen LogP contribution in [0.5, 0.6) is 0 Å². The van der Waals surface area contributed by atoms with Crippen LogP contribution in [0.2, 0.25) is 0 Å². The van der Waals surface area contributed by atoms with Gasteiger partial charge in [-0.3, -0.25) is 14.9 Å². The lowest BCUT2D eigenvalue weighted by atomic mass is 10.1. The lowest BCUT2D eigenvalue weighted by molar-refractivity contribution is -0.384. The second-order valence-electron chi connectivity index (χ2n) is 2.72. The van der Waals surface area contributed by atoms with E-state index in [1.807, 2.05) is 0 Å². The summed E-state index contributed by atoms with van der Waals surface area (Å²) in [5.74, 6) is -0.0881. The van der Waals surface area contributed by atoms with Crippen LogP contribution in [0.4, 0.5) is 5.69 Å². The van der Waals surface area contributed by atoms with E-state index in [1.165, 1.54) is 30.3 Å². The Kier molecular flexibility index (Phi) is 3.12. The van der Waals surface area contributed by atoms with E-state index in [1.54, 1.807) is 0 Å². The Bertz CT molecular complexity index is 367. The summed E-state index contributed by atoms with van der Waals surface area (Å²) in [6, 6.07) is 5.53. The van der Waals surface area contributed by atoms with Gasteiger partial charge in [0, 0.05) is 24.1 Å². The van der Waals surface area contributed by atoms with E-state index >= 15 is 0 Å². The van der Waals surface area contributed by atoms with Crippen LogP contribution in [-0.4, -0.2) is 10.7 Å². The topological polar surface area (TPSA) is 60.2 Å². The van der Waals surface area contributed by atoms with E-state index in [2.05, 4.69) is 6.58 Å². The van der Waals surface area contributed by atoms with Gasteiger partial charge in [0.05, 0.1) is 4.92 Å². The van der Waals surface area contributed by atoms with E-state index in [4.69, 9.17) is 0 Å². The van der Waals surface area contributed by atoms with Crippen LogP contribution in [0.3, 0.4) is 0 Å². The molecule has 4 heteroatoms. The first-order valence-electron chi connectivity index (χ1n) is 4.03. The number of nitro groups is 1. The molecule has 72 valence electrons. The molecule has 0 unspecified atom stereocenters. The molecule has 4 nitrogen and oxygen atoms in total. The lowest BCUT2D eigenvalue weighted by Gasteiger charge is -1.96. The Balaban J connectivity index is 2.88. The summed E-state index contributed by atoms with van der Waals surface area (Å²) in [6.07, 6.45) is 1.75. The summed E-state index contributed by atoms with van der Waals surface area (Å²) in [4.78, 5) is 21.1. The second kappa shape index (κ2) is 4.32. The SMILES string of the molecule is C=CCC(=O)c1ccc([N+](=O)[O-])cc1. The zero-order valence-electron chi connectivity index (χ0n) is 7.47. The maximum Gasteiger partial charge on any atom is 0.269 e. The zero-order chi connectivity index (χ0) is 10.6. The van der Waals surface area contributed by atoms with Crippen molar-refractivity contribution in [2.45, 2.75) is 6.42 Å². The van der Waals surface area contributed by atoms with Gasteiger partial charge < -0.3 is 0 Å². The van der Waals surface area contributed by atoms with Crippen LogP contribution in [0.1, 0.15) is 16.8 Å². The number of benzene rings is 1. The second-order valence-corrected chi connectivity index (χ2v) is 2.72. The van der Waals surface area contributed by atoms with Crippen molar-refractivity contribution < 1.29 is 9.72 Å². The van der Waals surface area contributed by atoms with Crippen LogP contribution in [0.25, 0.3) is 0 Å². The first kappa shape index (κ1) is 10.1. The van der Waals surface area contributed by atoms with Crippen molar-refractivity contribution in [2.24, 2.45) is 0 Å². The summed E-state index contributed by atoms with van der Waals surface area (Å²) < 4.78 is 0. The molecule has 0 amide bonds. The molecule has 0 aliphatic carbocycles. The zero-order valence-corrected chi connectivity index (χ0v) is 7.47. The predicted octanol–water partition coefficient (Wildman–Crippen LogP) is 2.35. The minimum atomic E-state index is -0.498. The molecule has 1 aromatic rings. The fourth-order valence-corrected chi connectivity index (χ4v) is 1.02. The molecular formula is C10H9NO3. The maximum absolute atomic E-state index is 11.3. The Labute approximate surface area is 81.0 Å². The average molecular weight is 191 g/mol. The number of hydrogen-bond donors (Lipinski definition) is 0. The number of Topliss-reactive ketones (excluding diaryl/α,β-unsaturated/α-hetero) is 1. The van der Waals surface area contributed by atoms with Crippen molar-refractivity contribution in [1.82, 2.24) is 0 Å². The number of allylic oxidation sites excluding steroid dienone is 1. The van der Waals surface area contributed by atoms with Crippen LogP contribution in [-0.2, 0) is 0 Å². The smallest absolute Gasteiger partial charge is 0.269 e. The molecule has 0 aliphatic rings. The highest BCUT2D eigenvalue weighted by molar-refractivity contribution is 5.97. The number of carbonyl (C=O) groups excluding carboxylic acids is 1. The summed E-state index contributed by atoms with van der Waals surface area (Å²) in [5, 5.41) is 10.3. The number of nitrogens with zero attached hydrogens (tertiary/aromatic N) is 1. The van der Waals surface area contributed by atoms with E-state index in [-0.39, 0.29) is 17.9 Å². The largest absolute Gasteiger partial charge is 0.294 e. The van der Waals surface area contributed by atoms with Crippen LogP contribution >= 0.6 is 0 Å². The summed E-state index contributed by atoms with van der Waals surface area (Å²) >= 11 is 0. The first-order valence-corrected chi connectivity index (χ1v) is 4.03. The molecule has 1 rings (SSSR count). The first-order chi connectivity index (χ1) is 6.65. The van der Waals surface area contributed by atoms with Crippen LogP contribution < -0.4 is 0 Å². The number of nitro benzene ring substituents is 1. The standard InChI is InChI=1S/C10H9NO3/c1-2-3-10(12)8-4-6-9(7-5-8)11(13)14/h2,4-7H,1,3H2. The molecule has 0 radical (unpaired) electrons. The fourth-order valence-electron chi connectivity index (χ4n) is 1.02. The van der Waals surface area contributed by atoms with Gasteiger partial charge >= 0.3 is 0 Å². The molecule has 0 spiro atoms. The molecule has 0 aliphatic heterocycles. The lowest BCUT2D eigenvalue weighted by Crippen LogP contribution is -1.97. The monoisotopic (exact) mass is 191 g/mol. The molecule has 0 saturated carbocycles. The molecule has 0 saturated heterocycles. The number of hydrogen-bond acceptors (Lipinski definition) is 3. The minimum Gasteiger partial charge on any atom is -0.294 e. The third-order valence-corrected chi connectivity index (χ3v) is 1.73. The molecule has 0 N–H and O–H groups in total. The number of ketones is 1. The highest BCUT2D eigenvalue weighted by Gasteiger charge is 2.07. The Morgan fingerprint density at radius 3 is 2.43 bits per heavy atom. The van der Waals surface area contributed by atoms with Gasteiger partial charge in [-0.1, -0.05) is 6.08 Å². The molecule has 0 fully saturated rings. The third-order valence-electron chi connectivity index (χ3n) is 1.73. The molecule has 0 bridgehead atoms. The van der Waals surface area contributed by atoms with E-state index in [9.17, 15) is 14.9 Å². The van der Waals surface area contributed by atoms with Gasteiger partial charge in [-0.2, -0.15) is 0 Å². The van der Waals surface area contributed by atoms with Crippen molar-refractivity contribution >= 4 is 11.5 Å². The predicted molar refractivity (Wildman–Crippen MR) is 52.2 cm³/mol. The van der Waals surface area contributed by atoms with Gasteiger partial charge in [0.15, 0.2) is 5.78 Å². The normalized spacial score (nSPS) is 9.43. The maximum atomic E-state index is 11.3. The fraction of sp³-hybridized carbons (Fsp3) is 0.100. The van der Waals surface area contributed by atoms with Crippen molar-refractivity contribution in [3.05, 3.63) is 52.6 Å². The van der Waals surface area contributed by atoms with Crippen molar-refractivity contribution in [2.75, 3.05) is 0 Å². The van der Waals surface area contributed by atoms with Crippen LogP contribution in [0.15, 0.2) is 36.9 Å². The minimum absolute atomic E-state index is 0.0137. The van der Waals surface area contributed by atoms with Gasteiger partial charge in [0.1, 0.15) is 0 Å². The molecule has 14 heavy (non-hydrogen) atoms. The van der Waals surface area contributed by atoms with E-state index in [0.717, 1.165) is 0 Å². The molecular weight excluding hydrogens is 182 g/mol. The summed E-state index contributed by atoms with van der Waals surface area (Å²) in [5.41, 5.74) is 0.454.